The standard InChI is InChI=1S/C23H23N5O3/c29-21-7-4-17(14-16(21)15-26-10-2-1-3-11-26)25-18-8-12-27(30)19-5-6-20-23(22(18)19)24-9-13-28(20)31/h4-9,12-14,30-31H,1-3,10-11,15H2. The van der Waals surface area contributed by atoms with E-state index in [0.717, 1.165) is 28.8 Å². The smallest absolute Gasteiger partial charge is 0.183 e. The number of nitrogens with zero attached hydrogens (tertiary/aromatic N) is 5. The summed E-state index contributed by atoms with van der Waals surface area (Å²) >= 11 is 0. The number of aliphatic imine (C=N–C) groups is 1. The van der Waals surface area contributed by atoms with Crippen molar-refractivity contribution < 1.29 is 15.2 Å². The topological polar surface area (TPSA) is 92.0 Å². The molecule has 0 saturated carbocycles. The number of carbonyl (C=O) groups excluding carboxylic acids is 1. The van der Waals surface area contributed by atoms with Crippen molar-refractivity contribution in [2.75, 3.05) is 29.8 Å². The predicted octanol–water partition coefficient (Wildman–Crippen LogP) is 1.81. The predicted molar refractivity (Wildman–Crippen MR) is 117 cm³/mol. The molecule has 0 amide bonds. The van der Waals surface area contributed by atoms with Crippen LogP contribution in [0.1, 0.15) is 19.3 Å². The lowest BCUT2D eigenvalue weighted by molar-refractivity contribution is -0.111. The fraction of sp³-hybridized carbons (Fsp3) is 0.261. The average Bonchev–Trinajstić information content (AvgIpc) is 2.78. The zero-order valence-corrected chi connectivity index (χ0v) is 17.0. The van der Waals surface area contributed by atoms with Crippen molar-refractivity contribution in [2.45, 2.75) is 19.3 Å². The van der Waals surface area contributed by atoms with E-state index >= 15 is 0 Å². The first-order valence-corrected chi connectivity index (χ1v) is 10.4. The molecule has 1 aliphatic carbocycles. The second-order valence-corrected chi connectivity index (χ2v) is 7.89. The molecular weight excluding hydrogens is 394 g/mol. The zero-order valence-electron chi connectivity index (χ0n) is 17.0. The average molecular weight is 417 g/mol. The van der Waals surface area contributed by atoms with E-state index in [2.05, 4.69) is 9.89 Å². The third-order valence-electron chi connectivity index (χ3n) is 5.81. The zero-order chi connectivity index (χ0) is 21.4. The summed E-state index contributed by atoms with van der Waals surface area (Å²) in [5, 5.41) is 23.5. The Bertz CT molecular complexity index is 1200. The Kier molecular flexibility index (Phi) is 5.11. The highest BCUT2D eigenvalue weighted by molar-refractivity contribution is 6.20. The van der Waals surface area contributed by atoms with Crippen molar-refractivity contribution in [3.8, 4) is 0 Å². The van der Waals surface area contributed by atoms with Gasteiger partial charge in [0.15, 0.2) is 5.78 Å². The van der Waals surface area contributed by atoms with Crippen LogP contribution in [-0.2, 0) is 4.79 Å². The number of anilines is 2. The van der Waals surface area contributed by atoms with Crippen LogP contribution in [-0.4, -0.2) is 46.4 Å². The van der Waals surface area contributed by atoms with Gasteiger partial charge in [0.2, 0.25) is 0 Å². The molecule has 31 heavy (non-hydrogen) atoms. The molecule has 8 nitrogen and oxygen atoms in total. The van der Waals surface area contributed by atoms with Crippen molar-refractivity contribution in [3.05, 3.63) is 71.2 Å². The highest BCUT2D eigenvalue weighted by Gasteiger charge is 2.20. The van der Waals surface area contributed by atoms with Gasteiger partial charge in [0, 0.05) is 24.5 Å². The number of benzene rings is 1. The number of allylic oxidation sites excluding steroid dienone is 3. The third kappa shape index (κ3) is 3.76. The van der Waals surface area contributed by atoms with E-state index in [9.17, 15) is 15.2 Å². The largest absolute Gasteiger partial charge is 0.299 e. The molecule has 0 aromatic heterocycles. The Morgan fingerprint density at radius 2 is 1.74 bits per heavy atom. The van der Waals surface area contributed by atoms with Crippen molar-refractivity contribution >= 4 is 28.6 Å². The van der Waals surface area contributed by atoms with Crippen molar-refractivity contribution in [1.29, 1.82) is 0 Å². The van der Waals surface area contributed by atoms with Gasteiger partial charge in [0.25, 0.3) is 0 Å². The molecule has 2 N–H and O–H groups in total. The van der Waals surface area contributed by atoms with Crippen LogP contribution in [0.15, 0.2) is 70.6 Å². The number of ketones is 1. The molecule has 0 bridgehead atoms. The molecule has 0 radical (unpaired) electrons. The van der Waals surface area contributed by atoms with Gasteiger partial charge >= 0.3 is 0 Å². The molecule has 8 heteroatoms. The van der Waals surface area contributed by atoms with E-state index in [1.165, 1.54) is 37.9 Å². The van der Waals surface area contributed by atoms with Crippen LogP contribution in [0.4, 0.5) is 11.4 Å². The number of rotatable bonds is 3. The van der Waals surface area contributed by atoms with Crippen molar-refractivity contribution in [2.24, 2.45) is 9.98 Å². The van der Waals surface area contributed by atoms with Crippen LogP contribution in [0.25, 0.3) is 5.70 Å². The summed E-state index contributed by atoms with van der Waals surface area (Å²) in [6.07, 6.45) is 14.8. The second-order valence-electron chi connectivity index (χ2n) is 7.89. The normalized spacial score (nSPS) is 21.9. The van der Waals surface area contributed by atoms with E-state index in [-0.39, 0.29) is 5.78 Å². The van der Waals surface area contributed by atoms with E-state index in [1.807, 2.05) is 6.08 Å². The van der Waals surface area contributed by atoms with Crippen LogP contribution >= 0.6 is 0 Å². The van der Waals surface area contributed by atoms with Gasteiger partial charge in [-0.1, -0.05) is 6.42 Å². The van der Waals surface area contributed by atoms with E-state index < -0.39 is 0 Å². The third-order valence-corrected chi connectivity index (χ3v) is 5.81. The van der Waals surface area contributed by atoms with Gasteiger partial charge in [-0.05, 0) is 62.4 Å². The van der Waals surface area contributed by atoms with Gasteiger partial charge in [-0.25, -0.2) is 15.1 Å². The summed E-state index contributed by atoms with van der Waals surface area (Å²) in [5.41, 5.74) is 3.00. The van der Waals surface area contributed by atoms with Crippen LogP contribution in [0, 0.1) is 0 Å². The van der Waals surface area contributed by atoms with Crippen molar-refractivity contribution in [1.82, 2.24) is 4.90 Å². The number of hydrogen-bond acceptors (Lipinski definition) is 8. The fourth-order valence-corrected chi connectivity index (χ4v) is 4.23. The lowest BCUT2D eigenvalue weighted by atomic mass is 10.0. The number of piperidine rings is 1. The Balaban J connectivity index is 1.59. The summed E-state index contributed by atoms with van der Waals surface area (Å²) < 4.78 is 0. The monoisotopic (exact) mass is 417 g/mol. The Hall–Kier alpha value is -3.33. The number of carbonyl (C=O) groups is 1. The minimum atomic E-state index is 0.0177. The first kappa shape index (κ1) is 19.6. The minimum Gasteiger partial charge on any atom is -0.299 e. The molecule has 3 heterocycles. The molecule has 158 valence electrons. The molecule has 5 rings (SSSR count). The molecule has 0 spiro atoms. The fourth-order valence-electron chi connectivity index (χ4n) is 4.23. The lowest BCUT2D eigenvalue weighted by Crippen LogP contribution is -2.39. The highest BCUT2D eigenvalue weighted by atomic mass is 16.5. The van der Waals surface area contributed by atoms with Crippen LogP contribution in [0.5, 0.6) is 0 Å². The summed E-state index contributed by atoms with van der Waals surface area (Å²) in [6, 6.07) is 3.39. The summed E-state index contributed by atoms with van der Waals surface area (Å²) in [6.45, 7) is 2.66. The van der Waals surface area contributed by atoms with Crippen LogP contribution in [0.3, 0.4) is 0 Å². The van der Waals surface area contributed by atoms with Gasteiger partial charge in [-0.3, -0.25) is 25.1 Å². The van der Waals surface area contributed by atoms with E-state index in [0.29, 0.717) is 39.9 Å². The number of hydroxylamine groups is 2. The van der Waals surface area contributed by atoms with Gasteiger partial charge in [0.05, 0.1) is 34.2 Å². The first-order chi connectivity index (χ1) is 15.1. The van der Waals surface area contributed by atoms with Gasteiger partial charge in [-0.15, -0.1) is 0 Å². The molecular formula is C23H23N5O3. The number of fused-ring (bicyclic) bond motifs is 3. The first-order valence-electron chi connectivity index (χ1n) is 10.4. The SMILES string of the molecule is O=C1C=CC(=NC2=c3c(ccc4c3=NC=CN4O)N(O)C=C2)C=C1CN1CCCCC1. The van der Waals surface area contributed by atoms with Crippen molar-refractivity contribution in [3.63, 3.8) is 0 Å². The maximum absolute atomic E-state index is 12.4. The van der Waals surface area contributed by atoms with Crippen LogP contribution in [0.2, 0.25) is 0 Å². The van der Waals surface area contributed by atoms with Gasteiger partial charge in [-0.2, -0.15) is 0 Å². The molecule has 1 aromatic rings. The number of hydrogen-bond donors (Lipinski definition) is 2. The van der Waals surface area contributed by atoms with Gasteiger partial charge < -0.3 is 0 Å². The maximum Gasteiger partial charge on any atom is 0.183 e. The Morgan fingerprint density at radius 1 is 0.968 bits per heavy atom. The summed E-state index contributed by atoms with van der Waals surface area (Å²) in [5.74, 6) is 0.0177. The van der Waals surface area contributed by atoms with E-state index in [1.54, 1.807) is 30.4 Å². The highest BCUT2D eigenvalue weighted by Crippen LogP contribution is 2.20. The Morgan fingerprint density at radius 3 is 2.58 bits per heavy atom. The number of likely N-dealkylation sites (tertiary alicyclic amines) is 1. The lowest BCUT2D eigenvalue weighted by Gasteiger charge is -2.27. The molecule has 0 atom stereocenters. The molecule has 1 aromatic carbocycles. The van der Waals surface area contributed by atoms with E-state index in [4.69, 9.17) is 4.99 Å². The molecule has 1 saturated heterocycles. The quantitative estimate of drug-likeness (QED) is 0.729. The molecule has 1 fully saturated rings. The molecule has 0 unspecified atom stereocenters. The summed E-state index contributed by atoms with van der Waals surface area (Å²) in [4.78, 5) is 23.9. The Labute approximate surface area is 179 Å². The molecule has 4 aliphatic rings. The van der Waals surface area contributed by atoms with Gasteiger partial charge in [0.1, 0.15) is 5.36 Å². The summed E-state index contributed by atoms with van der Waals surface area (Å²) in [7, 11) is 0. The maximum atomic E-state index is 12.4. The second kappa shape index (κ2) is 8.07. The van der Waals surface area contributed by atoms with Crippen LogP contribution < -0.4 is 20.7 Å². The molecule has 3 aliphatic heterocycles. The minimum absolute atomic E-state index is 0.0177.